The molecule has 0 radical (unpaired) electrons. The van der Waals surface area contributed by atoms with Crippen LogP contribution in [0, 0.1) is 5.92 Å². The molecule has 0 saturated carbocycles. The standard InChI is InChI=1S/C22H26ClNO2/c1-15(2)17-4-6-18(7-5-17)19(14-16-10-12-26-13-11-16)21-9-8-20(23)22(24-21)25-3/h4-9,14-16H,10-13H2,1-3H3/b19-14+. The Morgan fingerprint density at radius 3 is 2.46 bits per heavy atom. The fourth-order valence-electron chi connectivity index (χ4n) is 3.21. The maximum Gasteiger partial charge on any atom is 0.232 e. The number of pyridine rings is 1. The van der Waals surface area contributed by atoms with Gasteiger partial charge < -0.3 is 9.47 Å². The summed E-state index contributed by atoms with van der Waals surface area (Å²) in [6.07, 6.45) is 4.42. The summed E-state index contributed by atoms with van der Waals surface area (Å²) >= 11 is 6.17. The van der Waals surface area contributed by atoms with Gasteiger partial charge in [0.05, 0.1) is 12.8 Å². The molecule has 1 aliphatic heterocycles. The van der Waals surface area contributed by atoms with E-state index in [2.05, 4.69) is 49.2 Å². The molecule has 0 unspecified atom stereocenters. The largest absolute Gasteiger partial charge is 0.480 e. The van der Waals surface area contributed by atoms with Crippen molar-refractivity contribution in [2.45, 2.75) is 32.6 Å². The van der Waals surface area contributed by atoms with Crippen molar-refractivity contribution in [3.05, 3.63) is 64.3 Å². The number of nitrogens with zero attached hydrogens (tertiary/aromatic N) is 1. The Labute approximate surface area is 161 Å². The average molecular weight is 372 g/mol. The Hall–Kier alpha value is -1.84. The van der Waals surface area contributed by atoms with Crippen LogP contribution in [0.4, 0.5) is 0 Å². The summed E-state index contributed by atoms with van der Waals surface area (Å²) in [6, 6.07) is 12.6. The lowest BCUT2D eigenvalue weighted by Crippen LogP contribution is -2.14. The first-order chi connectivity index (χ1) is 12.6. The van der Waals surface area contributed by atoms with Gasteiger partial charge in [0.25, 0.3) is 0 Å². The Balaban J connectivity index is 2.02. The van der Waals surface area contributed by atoms with E-state index in [1.165, 1.54) is 5.56 Å². The quantitative estimate of drug-likeness (QED) is 0.673. The molecule has 4 heteroatoms. The number of aromatic nitrogens is 1. The van der Waals surface area contributed by atoms with Gasteiger partial charge in [0, 0.05) is 18.8 Å². The van der Waals surface area contributed by atoms with Crippen molar-refractivity contribution >= 4 is 17.2 Å². The van der Waals surface area contributed by atoms with Crippen LogP contribution in [0.15, 0.2) is 42.5 Å². The lowest BCUT2D eigenvalue weighted by atomic mass is 9.91. The minimum atomic E-state index is 0.459. The van der Waals surface area contributed by atoms with Gasteiger partial charge in [-0.1, -0.05) is 55.8 Å². The van der Waals surface area contributed by atoms with Gasteiger partial charge in [-0.15, -0.1) is 0 Å². The SMILES string of the molecule is COc1nc(/C(=C/C2CCOCC2)c2ccc(C(C)C)cc2)ccc1Cl. The highest BCUT2D eigenvalue weighted by Gasteiger charge is 2.16. The van der Waals surface area contributed by atoms with E-state index < -0.39 is 0 Å². The van der Waals surface area contributed by atoms with E-state index >= 15 is 0 Å². The van der Waals surface area contributed by atoms with Crippen molar-refractivity contribution in [3.8, 4) is 5.88 Å². The molecular formula is C22H26ClNO2. The molecule has 0 spiro atoms. The molecule has 138 valence electrons. The van der Waals surface area contributed by atoms with E-state index in [4.69, 9.17) is 21.1 Å². The van der Waals surface area contributed by atoms with Gasteiger partial charge in [-0.05, 0) is 47.9 Å². The molecule has 1 fully saturated rings. The number of allylic oxidation sites excluding steroid dienone is 1. The van der Waals surface area contributed by atoms with Gasteiger partial charge in [-0.25, -0.2) is 4.98 Å². The first kappa shape index (κ1) is 18.9. The zero-order valence-corrected chi connectivity index (χ0v) is 16.4. The summed E-state index contributed by atoms with van der Waals surface area (Å²) in [5.41, 5.74) is 4.51. The maximum atomic E-state index is 6.17. The molecule has 3 rings (SSSR count). The van der Waals surface area contributed by atoms with Gasteiger partial charge >= 0.3 is 0 Å². The van der Waals surface area contributed by atoms with Gasteiger partial charge in [-0.2, -0.15) is 0 Å². The number of ether oxygens (including phenoxy) is 2. The number of hydrogen-bond donors (Lipinski definition) is 0. The summed E-state index contributed by atoms with van der Waals surface area (Å²) in [5, 5.41) is 0.525. The zero-order valence-electron chi connectivity index (χ0n) is 15.7. The van der Waals surface area contributed by atoms with Crippen molar-refractivity contribution < 1.29 is 9.47 Å². The zero-order chi connectivity index (χ0) is 18.5. The first-order valence-corrected chi connectivity index (χ1v) is 9.57. The molecule has 1 aromatic heterocycles. The van der Waals surface area contributed by atoms with Crippen LogP contribution in [-0.2, 0) is 4.74 Å². The van der Waals surface area contributed by atoms with Crippen LogP contribution in [0.2, 0.25) is 5.02 Å². The topological polar surface area (TPSA) is 31.4 Å². The third-order valence-electron chi connectivity index (χ3n) is 4.84. The Kier molecular flexibility index (Phi) is 6.33. The average Bonchev–Trinajstić information content (AvgIpc) is 2.67. The van der Waals surface area contributed by atoms with Gasteiger partial charge in [0.2, 0.25) is 5.88 Å². The monoisotopic (exact) mass is 371 g/mol. The summed E-state index contributed by atoms with van der Waals surface area (Å²) in [5.74, 6) is 1.47. The normalized spacial score (nSPS) is 16.1. The molecule has 0 amide bonds. The molecule has 1 aromatic carbocycles. The highest BCUT2D eigenvalue weighted by Crippen LogP contribution is 2.31. The molecule has 0 N–H and O–H groups in total. The van der Waals surface area contributed by atoms with E-state index in [1.54, 1.807) is 7.11 Å². The van der Waals surface area contributed by atoms with Crippen molar-refractivity contribution in [2.24, 2.45) is 5.92 Å². The summed E-state index contributed by atoms with van der Waals surface area (Å²) in [4.78, 5) is 4.64. The molecule has 0 aliphatic carbocycles. The van der Waals surface area contributed by atoms with Gasteiger partial charge in [0.15, 0.2) is 0 Å². The molecule has 2 aromatic rings. The number of methoxy groups -OCH3 is 1. The molecule has 0 bridgehead atoms. The smallest absolute Gasteiger partial charge is 0.232 e. The van der Waals surface area contributed by atoms with Crippen LogP contribution in [-0.4, -0.2) is 25.3 Å². The molecule has 1 saturated heterocycles. The second-order valence-electron chi connectivity index (χ2n) is 6.99. The van der Waals surface area contributed by atoms with Crippen LogP contribution >= 0.6 is 11.6 Å². The Morgan fingerprint density at radius 1 is 1.15 bits per heavy atom. The van der Waals surface area contributed by atoms with Crippen molar-refractivity contribution in [3.63, 3.8) is 0 Å². The molecule has 3 nitrogen and oxygen atoms in total. The molecule has 0 atom stereocenters. The van der Waals surface area contributed by atoms with E-state index in [1.807, 2.05) is 12.1 Å². The van der Waals surface area contributed by atoms with Crippen LogP contribution in [0.3, 0.4) is 0 Å². The van der Waals surface area contributed by atoms with Crippen molar-refractivity contribution in [1.82, 2.24) is 4.98 Å². The minimum Gasteiger partial charge on any atom is -0.480 e. The Morgan fingerprint density at radius 2 is 1.85 bits per heavy atom. The highest BCUT2D eigenvalue weighted by molar-refractivity contribution is 6.31. The van der Waals surface area contributed by atoms with E-state index in [9.17, 15) is 0 Å². The van der Waals surface area contributed by atoms with Gasteiger partial charge in [-0.3, -0.25) is 0 Å². The summed E-state index contributed by atoms with van der Waals surface area (Å²) in [7, 11) is 1.59. The van der Waals surface area contributed by atoms with E-state index in [0.29, 0.717) is 22.7 Å². The molecular weight excluding hydrogens is 346 g/mol. The fraction of sp³-hybridized carbons (Fsp3) is 0.409. The number of benzene rings is 1. The van der Waals surface area contributed by atoms with Crippen molar-refractivity contribution in [1.29, 1.82) is 0 Å². The van der Waals surface area contributed by atoms with Gasteiger partial charge in [0.1, 0.15) is 5.02 Å². The fourth-order valence-corrected chi connectivity index (χ4v) is 3.39. The van der Waals surface area contributed by atoms with E-state index in [-0.39, 0.29) is 0 Å². The van der Waals surface area contributed by atoms with Crippen LogP contribution in [0.5, 0.6) is 5.88 Å². The number of hydrogen-bond acceptors (Lipinski definition) is 3. The second-order valence-corrected chi connectivity index (χ2v) is 7.40. The van der Waals surface area contributed by atoms with Crippen LogP contribution in [0.25, 0.3) is 5.57 Å². The third kappa shape index (κ3) is 4.46. The molecule has 1 aliphatic rings. The lowest BCUT2D eigenvalue weighted by Gasteiger charge is -2.21. The summed E-state index contributed by atoms with van der Waals surface area (Å²) < 4.78 is 10.8. The molecule has 26 heavy (non-hydrogen) atoms. The predicted molar refractivity (Wildman–Crippen MR) is 107 cm³/mol. The second kappa shape index (κ2) is 8.70. The first-order valence-electron chi connectivity index (χ1n) is 9.19. The number of rotatable bonds is 5. The van der Waals surface area contributed by atoms with E-state index in [0.717, 1.165) is 42.9 Å². The lowest BCUT2D eigenvalue weighted by molar-refractivity contribution is 0.0786. The molecule has 2 heterocycles. The minimum absolute atomic E-state index is 0.459. The highest BCUT2D eigenvalue weighted by atomic mass is 35.5. The predicted octanol–water partition coefficient (Wildman–Crippen LogP) is 5.73. The number of halogens is 1. The van der Waals surface area contributed by atoms with Crippen LogP contribution in [0.1, 0.15) is 49.4 Å². The van der Waals surface area contributed by atoms with Crippen LogP contribution < -0.4 is 4.74 Å². The maximum absolute atomic E-state index is 6.17. The van der Waals surface area contributed by atoms with Crippen molar-refractivity contribution in [2.75, 3.05) is 20.3 Å². The third-order valence-corrected chi connectivity index (χ3v) is 5.13. The Bertz CT molecular complexity index is 762. The summed E-state index contributed by atoms with van der Waals surface area (Å²) in [6.45, 7) is 6.05.